The molecule has 1 heterocycles. The smallest absolute Gasteiger partial charge is 0.148 e. The van der Waals surface area contributed by atoms with Crippen LogP contribution in [0.3, 0.4) is 0 Å². The van der Waals surface area contributed by atoms with Gasteiger partial charge in [-0.05, 0) is 19.1 Å². The van der Waals surface area contributed by atoms with Crippen LogP contribution in [0.15, 0.2) is 24.3 Å². The second kappa shape index (κ2) is 3.59. The van der Waals surface area contributed by atoms with Crippen molar-refractivity contribution in [2.75, 3.05) is 5.73 Å². The largest absolute Gasteiger partial charge is 0.382 e. The Hall–Kier alpha value is -1.48. The summed E-state index contributed by atoms with van der Waals surface area (Å²) in [4.78, 5) is 0. The predicted octanol–water partition coefficient (Wildman–Crippen LogP) is 2.63. The minimum atomic E-state index is 0.572. The van der Waals surface area contributed by atoms with E-state index in [1.807, 2.05) is 38.2 Å². The molecule has 1 aromatic carbocycles. The highest BCUT2D eigenvalue weighted by Gasteiger charge is 2.11. The molecule has 0 bridgehead atoms. The Kier molecular flexibility index (Phi) is 2.40. The number of hydrogen-bond donors (Lipinski definition) is 1. The van der Waals surface area contributed by atoms with Gasteiger partial charge in [-0.1, -0.05) is 23.7 Å². The van der Waals surface area contributed by atoms with E-state index in [1.165, 1.54) is 0 Å². The molecule has 0 atom stereocenters. The van der Waals surface area contributed by atoms with Crippen molar-refractivity contribution < 1.29 is 0 Å². The first-order valence-electron chi connectivity index (χ1n) is 4.64. The topological polar surface area (TPSA) is 43.8 Å². The van der Waals surface area contributed by atoms with E-state index in [9.17, 15) is 0 Å². The molecule has 0 aliphatic heterocycles. The molecule has 0 amide bonds. The fourth-order valence-electron chi connectivity index (χ4n) is 1.66. The van der Waals surface area contributed by atoms with Crippen LogP contribution in [-0.2, 0) is 7.05 Å². The molecule has 0 aliphatic carbocycles. The highest BCUT2D eigenvalue weighted by Crippen LogP contribution is 2.27. The first-order valence-corrected chi connectivity index (χ1v) is 5.02. The summed E-state index contributed by atoms with van der Waals surface area (Å²) < 4.78 is 1.79. The lowest BCUT2D eigenvalue weighted by Gasteiger charge is -2.03. The molecule has 2 N–H and O–H groups in total. The number of rotatable bonds is 1. The molecule has 15 heavy (non-hydrogen) atoms. The summed E-state index contributed by atoms with van der Waals surface area (Å²) in [6, 6.07) is 7.65. The molecule has 0 saturated heterocycles. The quantitative estimate of drug-likeness (QED) is 0.805. The summed E-state index contributed by atoms with van der Waals surface area (Å²) in [5.74, 6) is 0.572. The maximum Gasteiger partial charge on any atom is 0.148 e. The van der Waals surface area contributed by atoms with E-state index in [0.29, 0.717) is 5.82 Å². The van der Waals surface area contributed by atoms with Gasteiger partial charge in [0.2, 0.25) is 0 Å². The number of hydrogen-bond acceptors (Lipinski definition) is 2. The lowest BCUT2D eigenvalue weighted by Crippen LogP contribution is -1.94. The Morgan fingerprint density at radius 3 is 2.33 bits per heavy atom. The molecule has 1 aromatic heterocycles. The van der Waals surface area contributed by atoms with Crippen molar-refractivity contribution in [1.29, 1.82) is 0 Å². The molecular formula is C11H12ClN3. The molecule has 2 rings (SSSR count). The van der Waals surface area contributed by atoms with Crippen LogP contribution in [0.4, 0.5) is 5.82 Å². The van der Waals surface area contributed by atoms with Gasteiger partial charge in [-0.25, -0.2) is 0 Å². The van der Waals surface area contributed by atoms with Crippen LogP contribution in [0.25, 0.3) is 11.3 Å². The third-order valence-electron chi connectivity index (χ3n) is 2.44. The Bertz CT molecular complexity index is 485. The zero-order valence-electron chi connectivity index (χ0n) is 8.66. The summed E-state index contributed by atoms with van der Waals surface area (Å²) in [6.45, 7) is 1.96. The monoisotopic (exact) mass is 221 g/mol. The van der Waals surface area contributed by atoms with Crippen LogP contribution in [0.5, 0.6) is 0 Å². The second-order valence-corrected chi connectivity index (χ2v) is 3.93. The van der Waals surface area contributed by atoms with Crippen LogP contribution in [0.1, 0.15) is 5.56 Å². The van der Waals surface area contributed by atoms with E-state index in [1.54, 1.807) is 4.68 Å². The van der Waals surface area contributed by atoms with Gasteiger partial charge in [0.15, 0.2) is 0 Å². The van der Waals surface area contributed by atoms with Crippen molar-refractivity contribution in [3.63, 3.8) is 0 Å². The first-order chi connectivity index (χ1) is 7.09. The number of halogens is 1. The molecule has 0 fully saturated rings. The molecule has 0 radical (unpaired) electrons. The Morgan fingerprint density at radius 1 is 1.27 bits per heavy atom. The van der Waals surface area contributed by atoms with Gasteiger partial charge >= 0.3 is 0 Å². The van der Waals surface area contributed by atoms with E-state index in [4.69, 9.17) is 17.3 Å². The van der Waals surface area contributed by atoms with E-state index in [2.05, 4.69) is 5.10 Å². The third kappa shape index (κ3) is 1.70. The lowest BCUT2D eigenvalue weighted by atomic mass is 10.1. The molecular weight excluding hydrogens is 210 g/mol. The molecule has 0 unspecified atom stereocenters. The number of nitrogens with two attached hydrogens (primary N) is 1. The minimum absolute atomic E-state index is 0.572. The number of aryl methyl sites for hydroxylation is 1. The Labute approximate surface area is 93.5 Å². The highest BCUT2D eigenvalue weighted by atomic mass is 35.5. The van der Waals surface area contributed by atoms with Gasteiger partial charge in [-0.3, -0.25) is 4.68 Å². The van der Waals surface area contributed by atoms with Gasteiger partial charge in [0.05, 0.1) is 5.69 Å². The van der Waals surface area contributed by atoms with Gasteiger partial charge in [-0.15, -0.1) is 0 Å². The summed E-state index contributed by atoms with van der Waals surface area (Å²) in [7, 11) is 1.88. The summed E-state index contributed by atoms with van der Waals surface area (Å²) in [5, 5.41) is 4.90. The number of benzene rings is 1. The van der Waals surface area contributed by atoms with Crippen LogP contribution < -0.4 is 5.73 Å². The molecule has 0 saturated carbocycles. The zero-order valence-corrected chi connectivity index (χ0v) is 9.42. The maximum atomic E-state index is 5.84. The SMILES string of the molecule is Cc1c(N)nn(C)c1-c1ccc(Cl)cc1. The highest BCUT2D eigenvalue weighted by molar-refractivity contribution is 6.30. The van der Waals surface area contributed by atoms with Crippen molar-refractivity contribution >= 4 is 17.4 Å². The average Bonchev–Trinajstić information content (AvgIpc) is 2.44. The fraction of sp³-hybridized carbons (Fsp3) is 0.182. The van der Waals surface area contributed by atoms with Crippen molar-refractivity contribution in [2.24, 2.45) is 7.05 Å². The summed E-state index contributed by atoms with van der Waals surface area (Å²) in [5.41, 5.74) is 8.85. The van der Waals surface area contributed by atoms with Gasteiger partial charge < -0.3 is 5.73 Å². The fourth-order valence-corrected chi connectivity index (χ4v) is 1.79. The van der Waals surface area contributed by atoms with E-state index in [-0.39, 0.29) is 0 Å². The van der Waals surface area contributed by atoms with Crippen molar-refractivity contribution in [3.05, 3.63) is 34.9 Å². The maximum absolute atomic E-state index is 5.84. The summed E-state index contributed by atoms with van der Waals surface area (Å²) in [6.07, 6.45) is 0. The minimum Gasteiger partial charge on any atom is -0.382 e. The standard InChI is InChI=1S/C11H12ClN3/c1-7-10(15(2)14-11(7)13)8-3-5-9(12)6-4-8/h3-6H,1-2H3,(H2,13,14). The molecule has 0 spiro atoms. The molecule has 2 aromatic rings. The normalized spacial score (nSPS) is 10.6. The number of nitrogens with zero attached hydrogens (tertiary/aromatic N) is 2. The zero-order chi connectivity index (χ0) is 11.0. The number of nitrogen functional groups attached to an aromatic ring is 1. The number of anilines is 1. The van der Waals surface area contributed by atoms with Gasteiger partial charge in [0.1, 0.15) is 5.82 Å². The van der Waals surface area contributed by atoms with Crippen molar-refractivity contribution in [1.82, 2.24) is 9.78 Å². The van der Waals surface area contributed by atoms with Crippen LogP contribution in [0.2, 0.25) is 5.02 Å². The van der Waals surface area contributed by atoms with Crippen LogP contribution in [0, 0.1) is 6.92 Å². The van der Waals surface area contributed by atoms with Crippen molar-refractivity contribution in [2.45, 2.75) is 6.92 Å². The lowest BCUT2D eigenvalue weighted by molar-refractivity contribution is 0.780. The Morgan fingerprint density at radius 2 is 1.87 bits per heavy atom. The van der Waals surface area contributed by atoms with Gasteiger partial charge in [0, 0.05) is 23.2 Å². The van der Waals surface area contributed by atoms with Gasteiger partial charge in [0.25, 0.3) is 0 Å². The van der Waals surface area contributed by atoms with E-state index >= 15 is 0 Å². The van der Waals surface area contributed by atoms with Gasteiger partial charge in [-0.2, -0.15) is 5.10 Å². The average molecular weight is 222 g/mol. The molecule has 78 valence electrons. The predicted molar refractivity (Wildman–Crippen MR) is 62.8 cm³/mol. The second-order valence-electron chi connectivity index (χ2n) is 3.49. The Balaban J connectivity index is 2.58. The number of aromatic nitrogens is 2. The third-order valence-corrected chi connectivity index (χ3v) is 2.69. The van der Waals surface area contributed by atoms with E-state index in [0.717, 1.165) is 21.8 Å². The van der Waals surface area contributed by atoms with E-state index < -0.39 is 0 Å². The molecule has 0 aliphatic rings. The van der Waals surface area contributed by atoms with Crippen molar-refractivity contribution in [3.8, 4) is 11.3 Å². The van der Waals surface area contributed by atoms with Crippen LogP contribution in [-0.4, -0.2) is 9.78 Å². The summed E-state index contributed by atoms with van der Waals surface area (Å²) >= 11 is 5.84. The first kappa shape index (κ1) is 10.1. The molecule has 4 heteroatoms. The molecule has 3 nitrogen and oxygen atoms in total. The van der Waals surface area contributed by atoms with Crippen LogP contribution >= 0.6 is 11.6 Å².